The molecule has 18 heavy (non-hydrogen) atoms. The zero-order valence-electron chi connectivity index (χ0n) is 11.5. The third-order valence-electron chi connectivity index (χ3n) is 2.69. The Bertz CT molecular complexity index is 551. The van der Waals surface area contributed by atoms with Crippen molar-refractivity contribution in [2.45, 2.75) is 26.2 Å². The summed E-state index contributed by atoms with van der Waals surface area (Å²) in [6.45, 7) is 6.41. The Kier molecular flexibility index (Phi) is 3.07. The van der Waals surface area contributed by atoms with Crippen LogP contribution in [-0.2, 0) is 12.5 Å². The van der Waals surface area contributed by atoms with Gasteiger partial charge in [0, 0.05) is 31.8 Å². The molecule has 0 aliphatic carbocycles. The van der Waals surface area contributed by atoms with E-state index in [1.807, 2.05) is 32.4 Å². The van der Waals surface area contributed by atoms with E-state index in [-0.39, 0.29) is 5.41 Å². The standard InChI is InChI=1S/C13H19N5/c1-13(2,3)10-8-11(14-4)16-12(15-10)9-6-7-18(5)17-9/h6-8H,1-5H3,(H,14,15,16). The van der Waals surface area contributed by atoms with Crippen molar-refractivity contribution in [2.24, 2.45) is 7.05 Å². The lowest BCUT2D eigenvalue weighted by molar-refractivity contribution is 0.568. The van der Waals surface area contributed by atoms with Gasteiger partial charge in [-0.2, -0.15) is 5.10 Å². The van der Waals surface area contributed by atoms with Crippen molar-refractivity contribution in [3.8, 4) is 11.5 Å². The molecule has 96 valence electrons. The Morgan fingerprint density at radius 3 is 2.44 bits per heavy atom. The van der Waals surface area contributed by atoms with Crippen molar-refractivity contribution in [3.63, 3.8) is 0 Å². The number of nitrogens with one attached hydrogen (secondary N) is 1. The summed E-state index contributed by atoms with van der Waals surface area (Å²) in [4.78, 5) is 9.06. The Balaban J connectivity index is 2.54. The molecule has 0 amide bonds. The topological polar surface area (TPSA) is 55.6 Å². The molecule has 0 aliphatic heterocycles. The van der Waals surface area contributed by atoms with Crippen molar-refractivity contribution in [1.82, 2.24) is 19.7 Å². The van der Waals surface area contributed by atoms with Gasteiger partial charge in [0.1, 0.15) is 11.5 Å². The second-order valence-corrected chi connectivity index (χ2v) is 5.34. The molecule has 0 saturated heterocycles. The average molecular weight is 245 g/mol. The largest absolute Gasteiger partial charge is 0.373 e. The molecule has 2 heterocycles. The van der Waals surface area contributed by atoms with Gasteiger partial charge in [-0.1, -0.05) is 20.8 Å². The van der Waals surface area contributed by atoms with Crippen molar-refractivity contribution >= 4 is 5.82 Å². The summed E-state index contributed by atoms with van der Waals surface area (Å²) in [7, 11) is 3.74. The van der Waals surface area contributed by atoms with E-state index in [1.165, 1.54) is 0 Å². The molecule has 5 heteroatoms. The maximum atomic E-state index is 4.61. The first kappa shape index (κ1) is 12.5. The Morgan fingerprint density at radius 2 is 1.94 bits per heavy atom. The number of hydrogen-bond donors (Lipinski definition) is 1. The molecule has 0 aromatic carbocycles. The van der Waals surface area contributed by atoms with E-state index in [4.69, 9.17) is 0 Å². The summed E-state index contributed by atoms with van der Waals surface area (Å²) < 4.78 is 1.75. The van der Waals surface area contributed by atoms with Crippen LogP contribution >= 0.6 is 0 Å². The van der Waals surface area contributed by atoms with Crippen LogP contribution in [0.2, 0.25) is 0 Å². The number of anilines is 1. The monoisotopic (exact) mass is 245 g/mol. The number of aryl methyl sites for hydroxylation is 1. The normalized spacial score (nSPS) is 11.6. The van der Waals surface area contributed by atoms with E-state index in [9.17, 15) is 0 Å². The van der Waals surface area contributed by atoms with Crippen LogP contribution in [0.15, 0.2) is 18.3 Å². The molecule has 0 radical (unpaired) electrons. The van der Waals surface area contributed by atoms with E-state index < -0.39 is 0 Å². The second-order valence-electron chi connectivity index (χ2n) is 5.34. The highest BCUT2D eigenvalue weighted by Gasteiger charge is 2.18. The molecule has 0 aliphatic rings. The summed E-state index contributed by atoms with van der Waals surface area (Å²) in [5, 5.41) is 7.41. The molecule has 2 rings (SSSR count). The van der Waals surface area contributed by atoms with Gasteiger partial charge in [0.15, 0.2) is 5.82 Å². The smallest absolute Gasteiger partial charge is 0.182 e. The fourth-order valence-corrected chi connectivity index (χ4v) is 1.61. The molecule has 5 nitrogen and oxygen atoms in total. The molecule has 1 N–H and O–H groups in total. The summed E-state index contributed by atoms with van der Waals surface area (Å²) in [5.74, 6) is 1.47. The number of hydrogen-bond acceptors (Lipinski definition) is 4. The van der Waals surface area contributed by atoms with Crippen LogP contribution in [0.4, 0.5) is 5.82 Å². The molecule has 2 aromatic heterocycles. The minimum atomic E-state index is -0.0158. The molecule has 0 saturated carbocycles. The second kappa shape index (κ2) is 4.40. The van der Waals surface area contributed by atoms with Gasteiger partial charge >= 0.3 is 0 Å². The fourth-order valence-electron chi connectivity index (χ4n) is 1.61. The molecule has 0 spiro atoms. The Morgan fingerprint density at radius 1 is 1.22 bits per heavy atom. The highest BCUT2D eigenvalue weighted by atomic mass is 15.3. The van der Waals surface area contributed by atoms with Gasteiger partial charge in [0.25, 0.3) is 0 Å². The highest BCUT2D eigenvalue weighted by Crippen LogP contribution is 2.24. The van der Waals surface area contributed by atoms with Crippen LogP contribution < -0.4 is 5.32 Å². The number of nitrogens with zero attached hydrogens (tertiary/aromatic N) is 4. The van der Waals surface area contributed by atoms with Crippen molar-refractivity contribution in [1.29, 1.82) is 0 Å². The van der Waals surface area contributed by atoms with Gasteiger partial charge in [-0.15, -0.1) is 0 Å². The zero-order chi connectivity index (χ0) is 13.3. The van der Waals surface area contributed by atoms with Crippen molar-refractivity contribution in [3.05, 3.63) is 24.0 Å². The van der Waals surface area contributed by atoms with Gasteiger partial charge in [-0.05, 0) is 6.07 Å². The third kappa shape index (κ3) is 2.50. The zero-order valence-corrected chi connectivity index (χ0v) is 11.5. The molecule has 2 aromatic rings. The molecular formula is C13H19N5. The first-order chi connectivity index (χ1) is 8.40. The highest BCUT2D eigenvalue weighted by molar-refractivity contribution is 5.53. The summed E-state index contributed by atoms with van der Waals surface area (Å²) in [6, 6.07) is 3.90. The van der Waals surface area contributed by atoms with Crippen LogP contribution in [0, 0.1) is 0 Å². The lowest BCUT2D eigenvalue weighted by Crippen LogP contribution is -2.15. The van der Waals surface area contributed by atoms with E-state index in [1.54, 1.807) is 4.68 Å². The van der Waals surface area contributed by atoms with Crippen LogP contribution in [-0.4, -0.2) is 26.8 Å². The average Bonchev–Trinajstić information content (AvgIpc) is 2.74. The van der Waals surface area contributed by atoms with Crippen molar-refractivity contribution in [2.75, 3.05) is 12.4 Å². The summed E-state index contributed by atoms with van der Waals surface area (Å²) in [6.07, 6.45) is 1.89. The molecule has 0 fully saturated rings. The SMILES string of the molecule is CNc1cc(C(C)(C)C)nc(-c2ccn(C)n2)n1. The fraction of sp³-hybridized carbons (Fsp3) is 0.462. The third-order valence-corrected chi connectivity index (χ3v) is 2.69. The Hall–Kier alpha value is -1.91. The van der Waals surface area contributed by atoms with E-state index in [0.29, 0.717) is 5.82 Å². The van der Waals surface area contributed by atoms with Gasteiger partial charge in [0.2, 0.25) is 0 Å². The van der Waals surface area contributed by atoms with Crippen LogP contribution in [0.5, 0.6) is 0 Å². The van der Waals surface area contributed by atoms with Gasteiger partial charge in [0.05, 0.1) is 5.69 Å². The minimum Gasteiger partial charge on any atom is -0.373 e. The van der Waals surface area contributed by atoms with E-state index in [0.717, 1.165) is 17.2 Å². The minimum absolute atomic E-state index is 0.0158. The molecular weight excluding hydrogens is 226 g/mol. The summed E-state index contributed by atoms with van der Waals surface area (Å²) in [5.41, 5.74) is 1.78. The van der Waals surface area contributed by atoms with Gasteiger partial charge in [-0.25, -0.2) is 9.97 Å². The van der Waals surface area contributed by atoms with Crippen molar-refractivity contribution < 1.29 is 0 Å². The van der Waals surface area contributed by atoms with Crippen LogP contribution in [0.1, 0.15) is 26.5 Å². The predicted octanol–water partition coefficient (Wildman–Crippen LogP) is 2.22. The predicted molar refractivity (Wildman–Crippen MR) is 72.5 cm³/mol. The maximum Gasteiger partial charge on any atom is 0.182 e. The Labute approximate surface area is 107 Å². The van der Waals surface area contributed by atoms with Crippen LogP contribution in [0.25, 0.3) is 11.5 Å². The molecule has 0 atom stereocenters. The quantitative estimate of drug-likeness (QED) is 0.881. The summed E-state index contributed by atoms with van der Waals surface area (Å²) >= 11 is 0. The first-order valence-corrected chi connectivity index (χ1v) is 5.97. The van der Waals surface area contributed by atoms with E-state index >= 15 is 0 Å². The first-order valence-electron chi connectivity index (χ1n) is 5.97. The lowest BCUT2D eigenvalue weighted by atomic mass is 9.92. The van der Waals surface area contributed by atoms with E-state index in [2.05, 4.69) is 41.2 Å². The number of rotatable bonds is 2. The maximum absolute atomic E-state index is 4.61. The number of aromatic nitrogens is 4. The van der Waals surface area contributed by atoms with Crippen LogP contribution in [0.3, 0.4) is 0 Å². The lowest BCUT2D eigenvalue weighted by Gasteiger charge is -2.18. The molecule has 0 unspecified atom stereocenters. The van der Waals surface area contributed by atoms with Gasteiger partial charge in [-0.3, -0.25) is 4.68 Å². The molecule has 0 bridgehead atoms. The van der Waals surface area contributed by atoms with Gasteiger partial charge < -0.3 is 5.32 Å².